The number of aromatic nitrogens is 10. The van der Waals surface area contributed by atoms with Crippen molar-refractivity contribution in [3.63, 3.8) is 0 Å². The van der Waals surface area contributed by atoms with Crippen LogP contribution in [0.1, 0.15) is 49.7 Å². The van der Waals surface area contributed by atoms with Gasteiger partial charge in [-0.1, -0.05) is 24.3 Å². The molecule has 9 N–H and O–H groups in total. The molecule has 0 unspecified atom stereocenters. The first-order chi connectivity index (χ1) is 34.9. The molecule has 2 aliphatic heterocycles. The minimum Gasteiger partial charge on any atom is -0.461 e. The molecular weight excluding hydrogens is 945 g/mol. The van der Waals surface area contributed by atoms with E-state index in [1.54, 1.807) is 30.5 Å². The molecule has 0 aliphatic carbocycles. The minimum atomic E-state index is -3.57. The van der Waals surface area contributed by atoms with Crippen LogP contribution < -0.4 is 33.2 Å². The van der Waals surface area contributed by atoms with Crippen molar-refractivity contribution in [2.45, 2.75) is 56.5 Å². The topological polar surface area (TPSA) is 327 Å². The van der Waals surface area contributed by atoms with E-state index in [4.69, 9.17) is 26.0 Å². The molecular formula is C47H58N18O6S. The van der Waals surface area contributed by atoms with Crippen LogP contribution >= 0.6 is 0 Å². The number of nitrogen functional groups attached to an aromatic ring is 2. The van der Waals surface area contributed by atoms with Gasteiger partial charge in [0.25, 0.3) is 16.7 Å². The third kappa shape index (κ3) is 13.9. The van der Waals surface area contributed by atoms with Crippen molar-refractivity contribution < 1.29 is 26.8 Å². The largest absolute Gasteiger partial charge is 0.461 e. The van der Waals surface area contributed by atoms with Crippen molar-refractivity contribution in [3.8, 4) is 23.2 Å². The maximum absolute atomic E-state index is 12.2. The molecule has 0 atom stereocenters. The van der Waals surface area contributed by atoms with Crippen LogP contribution in [0.3, 0.4) is 0 Å². The SMILES string of the molecule is CS(=O)(=O)c1nc(N)n2nc(-c3ccco3)nc2n1.NCCc1ccc(NC(=O)CCN2CCCC2)cc1.Nc1nc(NCCc2ccc(NC(=O)CCN3CCCC3)cc2)nc2nc(-c3ccco3)nn12. The molecule has 0 spiro atoms. The zero-order chi connectivity index (χ0) is 50.5. The summed E-state index contributed by atoms with van der Waals surface area (Å²) in [4.78, 5) is 53.2. The highest BCUT2D eigenvalue weighted by Crippen LogP contribution is 2.20. The fourth-order valence-electron chi connectivity index (χ4n) is 7.83. The molecule has 378 valence electrons. The van der Waals surface area contributed by atoms with Crippen LogP contribution in [0.15, 0.2) is 99.3 Å². The fourth-order valence-corrected chi connectivity index (χ4v) is 8.34. The van der Waals surface area contributed by atoms with Crippen LogP contribution in [0.5, 0.6) is 0 Å². The second kappa shape index (κ2) is 23.8. The standard InChI is InChI=1S/C23H27N9O2.C15H23N3O.C9H8N6O3S/c24-21-28-22(29-23-27-20(30-32(21)23)18-4-3-15-34-18)25-11-9-16-5-7-17(8-6-16)26-19(33)10-14-31-12-1-2-13-31;16-9-7-13-3-5-14(6-4-13)17-15(19)8-12-18-10-1-2-11-18;1-19(16,17)9-12-7(10)15-8(13-9)11-6(14-15)5-3-2-4-18-5/h3-8,15H,1-2,9-14H2,(H,26,33)(H3,24,25,27,28,29,30);3-6H,1-2,7-12,16H2,(H,17,19);2-4H,1H3,(H2,10,11,12,13,14). The first-order valence-corrected chi connectivity index (χ1v) is 25.5. The molecule has 0 saturated carbocycles. The van der Waals surface area contributed by atoms with E-state index in [0.717, 1.165) is 79.8 Å². The van der Waals surface area contributed by atoms with Gasteiger partial charge in [0.15, 0.2) is 11.5 Å². The van der Waals surface area contributed by atoms with Gasteiger partial charge in [-0.3, -0.25) is 9.59 Å². The van der Waals surface area contributed by atoms with Crippen molar-refractivity contribution in [2.24, 2.45) is 5.73 Å². The highest BCUT2D eigenvalue weighted by molar-refractivity contribution is 7.90. The highest BCUT2D eigenvalue weighted by atomic mass is 32.2. The first-order valence-electron chi connectivity index (χ1n) is 23.6. The Bertz CT molecular complexity index is 3130. The Labute approximate surface area is 414 Å². The van der Waals surface area contributed by atoms with E-state index >= 15 is 0 Å². The van der Waals surface area contributed by atoms with Crippen molar-refractivity contribution in [1.82, 2.24) is 58.9 Å². The summed E-state index contributed by atoms with van der Waals surface area (Å²) in [5, 5.41) is 17.0. The molecule has 2 fully saturated rings. The highest BCUT2D eigenvalue weighted by Gasteiger charge is 2.19. The van der Waals surface area contributed by atoms with Gasteiger partial charge in [-0.05, 0) is 131 Å². The number of amides is 2. The monoisotopic (exact) mass is 1000 g/mol. The number of benzene rings is 2. The van der Waals surface area contributed by atoms with Gasteiger partial charge in [-0.2, -0.15) is 38.9 Å². The molecule has 8 heterocycles. The number of hydrogen-bond donors (Lipinski definition) is 6. The van der Waals surface area contributed by atoms with Gasteiger partial charge in [-0.15, -0.1) is 10.2 Å². The van der Waals surface area contributed by atoms with E-state index in [1.807, 2.05) is 48.5 Å². The third-order valence-corrected chi connectivity index (χ3v) is 12.4. The molecule has 25 heteroatoms. The van der Waals surface area contributed by atoms with E-state index in [0.29, 0.717) is 55.0 Å². The second-order valence-electron chi connectivity index (χ2n) is 17.1. The van der Waals surface area contributed by atoms with Crippen LogP contribution in [-0.2, 0) is 32.3 Å². The zero-order valence-corrected chi connectivity index (χ0v) is 40.7. The number of carbonyl (C=O) groups is 2. The lowest BCUT2D eigenvalue weighted by atomic mass is 10.1. The Morgan fingerprint density at radius 2 is 1.10 bits per heavy atom. The van der Waals surface area contributed by atoms with Crippen molar-refractivity contribution in [3.05, 3.63) is 96.4 Å². The number of nitrogens with one attached hydrogen (secondary N) is 3. The average molecular weight is 1000 g/mol. The molecule has 6 aromatic heterocycles. The predicted molar refractivity (Wildman–Crippen MR) is 270 cm³/mol. The predicted octanol–water partition coefficient (Wildman–Crippen LogP) is 3.82. The molecule has 2 aliphatic rings. The Balaban J connectivity index is 0.000000156. The van der Waals surface area contributed by atoms with Crippen LogP contribution in [0, 0.1) is 0 Å². The number of nitrogens with zero attached hydrogens (tertiary/aromatic N) is 12. The minimum absolute atomic E-state index is 0.0410. The number of furan rings is 2. The molecule has 72 heavy (non-hydrogen) atoms. The molecule has 2 saturated heterocycles. The zero-order valence-electron chi connectivity index (χ0n) is 39.9. The van der Waals surface area contributed by atoms with Gasteiger partial charge in [0, 0.05) is 50.1 Å². The van der Waals surface area contributed by atoms with Gasteiger partial charge < -0.3 is 51.8 Å². The molecule has 2 amide bonds. The van der Waals surface area contributed by atoms with E-state index in [1.165, 1.54) is 42.0 Å². The number of hydrogen-bond acceptors (Lipinski definition) is 20. The number of sulfone groups is 1. The lowest BCUT2D eigenvalue weighted by molar-refractivity contribution is -0.117. The van der Waals surface area contributed by atoms with Crippen LogP contribution in [0.2, 0.25) is 0 Å². The lowest BCUT2D eigenvalue weighted by Crippen LogP contribution is -2.25. The Kier molecular flexibility index (Phi) is 16.7. The summed E-state index contributed by atoms with van der Waals surface area (Å²) < 4.78 is 35.8. The van der Waals surface area contributed by atoms with Gasteiger partial charge in [0.05, 0.1) is 12.5 Å². The molecule has 0 bridgehead atoms. The molecule has 2 aromatic carbocycles. The maximum Gasteiger partial charge on any atom is 0.259 e. The smallest absolute Gasteiger partial charge is 0.259 e. The number of carbonyl (C=O) groups excluding carboxylic acids is 2. The summed E-state index contributed by atoms with van der Waals surface area (Å²) in [5.74, 6) is 2.57. The molecule has 8 aromatic rings. The van der Waals surface area contributed by atoms with E-state index in [2.05, 4.69) is 65.9 Å². The molecule has 24 nitrogen and oxygen atoms in total. The van der Waals surface area contributed by atoms with Gasteiger partial charge in [0.1, 0.15) is 0 Å². The fraction of sp³-hybridized carbons (Fsp3) is 0.362. The van der Waals surface area contributed by atoms with Gasteiger partial charge in [-0.25, -0.2) is 8.42 Å². The summed E-state index contributed by atoms with van der Waals surface area (Å²) in [7, 11) is -3.57. The van der Waals surface area contributed by atoms with Gasteiger partial charge >= 0.3 is 0 Å². The summed E-state index contributed by atoms with van der Waals surface area (Å²) in [6.45, 7) is 7.45. The van der Waals surface area contributed by atoms with Crippen molar-refractivity contribution >= 4 is 62.4 Å². The normalized spacial score (nSPS) is 13.9. The number of anilines is 5. The number of nitrogens with two attached hydrogens (primary N) is 3. The summed E-state index contributed by atoms with van der Waals surface area (Å²) in [6, 6.07) is 22.7. The van der Waals surface area contributed by atoms with E-state index in [9.17, 15) is 18.0 Å². The third-order valence-electron chi connectivity index (χ3n) is 11.6. The average Bonchev–Trinajstić information content (AvgIpc) is 4.22. The second-order valence-corrected chi connectivity index (χ2v) is 19.0. The molecule has 0 radical (unpaired) electrons. The van der Waals surface area contributed by atoms with Crippen molar-refractivity contribution in [2.75, 3.05) is 86.0 Å². The first kappa shape index (κ1) is 50.5. The quantitative estimate of drug-likeness (QED) is 0.0755. The summed E-state index contributed by atoms with van der Waals surface area (Å²) >= 11 is 0. The van der Waals surface area contributed by atoms with Crippen LogP contribution in [0.25, 0.3) is 34.7 Å². The lowest BCUT2D eigenvalue weighted by Gasteiger charge is -2.14. The van der Waals surface area contributed by atoms with E-state index in [-0.39, 0.29) is 35.3 Å². The molecule has 10 rings (SSSR count). The van der Waals surface area contributed by atoms with Gasteiger partial charge in [0.2, 0.25) is 51.1 Å². The Hall–Kier alpha value is -7.87. The summed E-state index contributed by atoms with van der Waals surface area (Å²) in [6.07, 6.45) is 11.7. The number of fused-ring (bicyclic) bond motifs is 2. The van der Waals surface area contributed by atoms with Crippen molar-refractivity contribution in [1.29, 1.82) is 0 Å². The van der Waals surface area contributed by atoms with Crippen LogP contribution in [-0.4, -0.2) is 138 Å². The Morgan fingerprint density at radius 1 is 0.625 bits per heavy atom. The van der Waals surface area contributed by atoms with E-state index < -0.39 is 15.0 Å². The number of likely N-dealkylation sites (tertiary alicyclic amines) is 2. The van der Waals surface area contributed by atoms with Crippen LogP contribution in [0.4, 0.5) is 29.2 Å². The Morgan fingerprint density at radius 3 is 1.56 bits per heavy atom. The summed E-state index contributed by atoms with van der Waals surface area (Å²) in [5.41, 5.74) is 21.2. The maximum atomic E-state index is 12.2. The number of rotatable bonds is 17.